The van der Waals surface area contributed by atoms with Crippen LogP contribution in [0.15, 0.2) is 35.1 Å². The average Bonchev–Trinajstić information content (AvgIpc) is 3.07. The Labute approximate surface area is 143 Å². The van der Waals surface area contributed by atoms with Crippen LogP contribution in [0.4, 0.5) is 5.69 Å². The molecular weight excluding hydrogens is 324 g/mol. The molecule has 0 radical (unpaired) electrons. The predicted octanol–water partition coefficient (Wildman–Crippen LogP) is 2.12. The Balaban J connectivity index is 2.03. The molecular formula is C17H18N4O4. The minimum Gasteiger partial charge on any atom is -0.348 e. The highest BCUT2D eigenvalue weighted by atomic mass is 16.6. The van der Waals surface area contributed by atoms with E-state index in [4.69, 9.17) is 0 Å². The maximum absolute atomic E-state index is 12.4. The van der Waals surface area contributed by atoms with Crippen LogP contribution in [0, 0.1) is 17.0 Å². The van der Waals surface area contributed by atoms with Gasteiger partial charge in [-0.15, -0.1) is 0 Å². The lowest BCUT2D eigenvalue weighted by molar-refractivity contribution is -0.384. The number of nitro groups is 1. The average molecular weight is 342 g/mol. The van der Waals surface area contributed by atoms with E-state index in [0.29, 0.717) is 5.69 Å². The smallest absolute Gasteiger partial charge is 0.294 e. The Morgan fingerprint density at radius 3 is 2.68 bits per heavy atom. The van der Waals surface area contributed by atoms with Gasteiger partial charge >= 0.3 is 0 Å². The highest BCUT2D eigenvalue weighted by Crippen LogP contribution is 2.22. The minimum absolute atomic E-state index is 0.0505. The van der Waals surface area contributed by atoms with Crippen molar-refractivity contribution >= 4 is 11.6 Å². The van der Waals surface area contributed by atoms with Crippen LogP contribution < -0.4 is 10.7 Å². The first-order chi connectivity index (χ1) is 12.0. The third-order valence-electron chi connectivity index (χ3n) is 4.32. The molecule has 2 aromatic rings. The summed E-state index contributed by atoms with van der Waals surface area (Å²) in [6.07, 6.45) is 3.87. The van der Waals surface area contributed by atoms with Crippen molar-refractivity contribution in [2.24, 2.45) is 0 Å². The van der Waals surface area contributed by atoms with Gasteiger partial charge in [-0.3, -0.25) is 19.7 Å². The van der Waals surface area contributed by atoms with Gasteiger partial charge in [0.15, 0.2) is 5.69 Å². The lowest BCUT2D eigenvalue weighted by Crippen LogP contribution is -2.37. The molecule has 1 heterocycles. The van der Waals surface area contributed by atoms with Crippen LogP contribution in [0.2, 0.25) is 0 Å². The molecule has 0 bridgehead atoms. The quantitative estimate of drug-likeness (QED) is 0.676. The second kappa shape index (κ2) is 6.84. The summed E-state index contributed by atoms with van der Waals surface area (Å²) in [6, 6.07) is 7.39. The van der Waals surface area contributed by atoms with Crippen LogP contribution in [0.25, 0.3) is 5.69 Å². The molecule has 1 saturated carbocycles. The summed E-state index contributed by atoms with van der Waals surface area (Å²) < 4.78 is 1.27. The first-order valence-electron chi connectivity index (χ1n) is 8.13. The number of nitro benzene ring substituents is 1. The Morgan fingerprint density at radius 2 is 2.00 bits per heavy atom. The molecule has 1 N–H and O–H groups in total. The molecule has 8 nitrogen and oxygen atoms in total. The largest absolute Gasteiger partial charge is 0.348 e. The van der Waals surface area contributed by atoms with E-state index in [1.807, 2.05) is 0 Å². The number of rotatable bonds is 4. The molecule has 3 rings (SSSR count). The fourth-order valence-electron chi connectivity index (χ4n) is 3.07. The number of nitrogens with one attached hydrogen (secondary N) is 1. The van der Waals surface area contributed by atoms with Crippen molar-refractivity contribution in [1.82, 2.24) is 15.1 Å². The molecule has 25 heavy (non-hydrogen) atoms. The number of aryl methyl sites for hydroxylation is 1. The zero-order chi connectivity index (χ0) is 18.0. The number of aromatic nitrogens is 2. The van der Waals surface area contributed by atoms with Gasteiger partial charge in [0.05, 0.1) is 4.92 Å². The highest BCUT2D eigenvalue weighted by Gasteiger charge is 2.23. The van der Waals surface area contributed by atoms with Crippen LogP contribution in [0.3, 0.4) is 0 Å². The Kier molecular flexibility index (Phi) is 4.60. The molecule has 0 unspecified atom stereocenters. The SMILES string of the molecule is Cc1cc(=O)c(C(=O)NC2CCCC2)nn1-c1ccccc1[N+](=O)[O-]. The lowest BCUT2D eigenvalue weighted by atomic mass is 10.2. The topological polar surface area (TPSA) is 107 Å². The summed E-state index contributed by atoms with van der Waals surface area (Å²) >= 11 is 0. The normalized spacial score (nSPS) is 14.4. The van der Waals surface area contributed by atoms with E-state index in [9.17, 15) is 19.7 Å². The number of benzene rings is 1. The lowest BCUT2D eigenvalue weighted by Gasteiger charge is -2.14. The van der Waals surface area contributed by atoms with Crippen LogP contribution in [-0.2, 0) is 0 Å². The highest BCUT2D eigenvalue weighted by molar-refractivity contribution is 5.92. The number of nitrogens with zero attached hydrogens (tertiary/aromatic N) is 3. The molecule has 0 atom stereocenters. The van der Waals surface area contributed by atoms with Gasteiger partial charge in [0.1, 0.15) is 5.69 Å². The second-order valence-corrected chi connectivity index (χ2v) is 6.11. The molecule has 130 valence electrons. The number of amides is 1. The van der Waals surface area contributed by atoms with Gasteiger partial charge in [0.2, 0.25) is 5.43 Å². The van der Waals surface area contributed by atoms with Gasteiger partial charge in [-0.05, 0) is 25.8 Å². The standard InChI is InChI=1S/C17H18N4O4/c1-11-10-15(22)16(17(23)18-12-6-2-3-7-12)19-20(11)13-8-4-5-9-14(13)21(24)25/h4-5,8-10,12H,2-3,6-7H2,1H3,(H,18,23). The van der Waals surface area contributed by atoms with E-state index >= 15 is 0 Å². The molecule has 1 aliphatic rings. The summed E-state index contributed by atoms with van der Waals surface area (Å²) in [6.45, 7) is 1.61. The monoisotopic (exact) mass is 342 g/mol. The van der Waals surface area contributed by atoms with Crippen molar-refractivity contribution in [2.75, 3.05) is 0 Å². The van der Waals surface area contributed by atoms with Crippen LogP contribution >= 0.6 is 0 Å². The molecule has 0 aliphatic heterocycles. The van der Waals surface area contributed by atoms with Crippen molar-refractivity contribution in [1.29, 1.82) is 0 Å². The van der Waals surface area contributed by atoms with E-state index in [2.05, 4.69) is 10.4 Å². The van der Waals surface area contributed by atoms with Crippen molar-refractivity contribution in [3.05, 3.63) is 62.1 Å². The van der Waals surface area contributed by atoms with Gasteiger partial charge in [0, 0.05) is 23.9 Å². The number of carbonyl (C=O) groups excluding carboxylic acids is 1. The van der Waals surface area contributed by atoms with Crippen molar-refractivity contribution in [3.8, 4) is 5.69 Å². The van der Waals surface area contributed by atoms with Gasteiger partial charge in [-0.1, -0.05) is 25.0 Å². The van der Waals surface area contributed by atoms with Crippen LogP contribution in [0.1, 0.15) is 41.9 Å². The summed E-state index contributed by atoms with van der Waals surface area (Å²) in [5.41, 5.74) is -0.279. The van der Waals surface area contributed by atoms with Gasteiger partial charge in [-0.25, -0.2) is 4.68 Å². The van der Waals surface area contributed by atoms with E-state index in [-0.39, 0.29) is 23.1 Å². The number of para-hydroxylation sites is 2. The number of hydrogen-bond donors (Lipinski definition) is 1. The number of carbonyl (C=O) groups is 1. The fraction of sp³-hybridized carbons (Fsp3) is 0.353. The minimum atomic E-state index is -0.538. The van der Waals surface area contributed by atoms with Crippen molar-refractivity contribution in [3.63, 3.8) is 0 Å². The molecule has 1 fully saturated rings. The van der Waals surface area contributed by atoms with Crippen LogP contribution in [0.5, 0.6) is 0 Å². The third-order valence-corrected chi connectivity index (χ3v) is 4.32. The molecule has 1 aromatic heterocycles. The fourth-order valence-corrected chi connectivity index (χ4v) is 3.07. The summed E-state index contributed by atoms with van der Waals surface area (Å²) in [4.78, 5) is 35.3. The molecule has 0 spiro atoms. The van der Waals surface area contributed by atoms with E-state index in [1.165, 1.54) is 22.9 Å². The first kappa shape index (κ1) is 16.8. The Hall–Kier alpha value is -3.03. The van der Waals surface area contributed by atoms with Gasteiger partial charge in [-0.2, -0.15) is 5.10 Å². The number of hydrogen-bond acceptors (Lipinski definition) is 5. The van der Waals surface area contributed by atoms with Gasteiger partial charge < -0.3 is 5.32 Å². The third kappa shape index (κ3) is 3.42. The van der Waals surface area contributed by atoms with Gasteiger partial charge in [0.25, 0.3) is 11.6 Å². The summed E-state index contributed by atoms with van der Waals surface area (Å²) in [5, 5.41) is 18.2. The Bertz CT molecular complexity index is 884. The van der Waals surface area contributed by atoms with Crippen LogP contribution in [-0.4, -0.2) is 26.7 Å². The summed E-state index contributed by atoms with van der Waals surface area (Å²) in [5.74, 6) is -0.538. The van der Waals surface area contributed by atoms with E-state index in [0.717, 1.165) is 25.7 Å². The first-order valence-corrected chi connectivity index (χ1v) is 8.13. The molecule has 0 saturated heterocycles. The van der Waals surface area contributed by atoms with Crippen molar-refractivity contribution < 1.29 is 9.72 Å². The van der Waals surface area contributed by atoms with E-state index < -0.39 is 16.3 Å². The van der Waals surface area contributed by atoms with E-state index in [1.54, 1.807) is 19.1 Å². The predicted molar refractivity (Wildman–Crippen MR) is 90.9 cm³/mol. The zero-order valence-electron chi connectivity index (χ0n) is 13.8. The second-order valence-electron chi connectivity index (χ2n) is 6.11. The maximum Gasteiger partial charge on any atom is 0.294 e. The zero-order valence-corrected chi connectivity index (χ0v) is 13.8. The molecule has 1 amide bonds. The molecule has 8 heteroatoms. The Morgan fingerprint density at radius 1 is 1.32 bits per heavy atom. The van der Waals surface area contributed by atoms with Crippen molar-refractivity contribution in [2.45, 2.75) is 38.6 Å². The maximum atomic E-state index is 12.4. The molecule has 1 aliphatic carbocycles. The summed E-state index contributed by atoms with van der Waals surface area (Å²) in [7, 11) is 0. The molecule has 1 aromatic carbocycles.